The molecule has 0 bridgehead atoms. The molecule has 0 spiro atoms. The van der Waals surface area contributed by atoms with Crippen molar-refractivity contribution in [1.29, 1.82) is 0 Å². The molecule has 2 aromatic rings. The van der Waals surface area contributed by atoms with E-state index < -0.39 is 0 Å². The number of amides is 1. The van der Waals surface area contributed by atoms with Crippen LogP contribution in [0.15, 0.2) is 41.6 Å². The summed E-state index contributed by atoms with van der Waals surface area (Å²) >= 11 is 6.29. The molecule has 132 valence electrons. The van der Waals surface area contributed by atoms with Crippen LogP contribution >= 0.6 is 24.0 Å². The van der Waals surface area contributed by atoms with E-state index in [2.05, 4.69) is 20.6 Å². The topological polar surface area (TPSA) is 76.1 Å². The molecule has 0 aliphatic carbocycles. The minimum atomic E-state index is -0.161. The van der Waals surface area contributed by atoms with Crippen molar-refractivity contribution >= 4 is 40.3 Å². The number of hydrogen-bond donors (Lipinski definition) is 2. The lowest BCUT2D eigenvalue weighted by Crippen LogP contribution is -2.20. The van der Waals surface area contributed by atoms with Crippen LogP contribution < -0.4 is 15.4 Å². The molecule has 1 atom stereocenters. The first-order valence-electron chi connectivity index (χ1n) is 8.22. The Balaban J connectivity index is 1.57. The van der Waals surface area contributed by atoms with Gasteiger partial charge in [0.1, 0.15) is 10.4 Å². The van der Waals surface area contributed by atoms with E-state index in [1.54, 1.807) is 12.4 Å². The average molecular weight is 384 g/mol. The van der Waals surface area contributed by atoms with Crippen LogP contribution in [0, 0.1) is 0 Å². The van der Waals surface area contributed by atoms with Crippen LogP contribution in [0.4, 0.5) is 0 Å². The Morgan fingerprint density at radius 2 is 2.27 bits per heavy atom. The Kier molecular flexibility index (Phi) is 4.96. The van der Waals surface area contributed by atoms with Crippen molar-refractivity contribution in [2.75, 3.05) is 13.1 Å². The molecule has 1 aromatic carbocycles. The fourth-order valence-corrected chi connectivity index (χ4v) is 3.85. The molecule has 0 radical (unpaired) electrons. The normalized spacial score (nSPS) is 21.2. The highest BCUT2D eigenvalue weighted by Crippen LogP contribution is 2.27. The van der Waals surface area contributed by atoms with Crippen molar-refractivity contribution in [1.82, 2.24) is 20.6 Å². The Morgan fingerprint density at radius 3 is 3.04 bits per heavy atom. The van der Waals surface area contributed by atoms with Crippen LogP contribution in [-0.4, -0.2) is 39.4 Å². The van der Waals surface area contributed by atoms with Gasteiger partial charge in [-0.25, -0.2) is 4.98 Å². The SMILES string of the molecule is O=C1NC(=S)SC1=Cc1cccc(-c2cncc(OC3CCNC3)n2)c1. The minimum absolute atomic E-state index is 0.136. The maximum Gasteiger partial charge on any atom is 0.263 e. The Hall–Kier alpha value is -2.29. The lowest BCUT2D eigenvalue weighted by molar-refractivity contribution is -0.115. The molecule has 6 nitrogen and oxygen atoms in total. The second kappa shape index (κ2) is 7.53. The molecule has 1 unspecified atom stereocenters. The first-order chi connectivity index (χ1) is 12.7. The number of hydrogen-bond acceptors (Lipinski definition) is 7. The smallest absolute Gasteiger partial charge is 0.263 e. The molecule has 2 N–H and O–H groups in total. The van der Waals surface area contributed by atoms with Gasteiger partial charge in [0.25, 0.3) is 5.91 Å². The monoisotopic (exact) mass is 384 g/mol. The predicted molar refractivity (Wildman–Crippen MR) is 106 cm³/mol. The van der Waals surface area contributed by atoms with Crippen LogP contribution in [0.25, 0.3) is 17.3 Å². The predicted octanol–water partition coefficient (Wildman–Crippen LogP) is 2.37. The molecule has 2 aliphatic heterocycles. The first-order valence-corrected chi connectivity index (χ1v) is 9.44. The number of carbonyl (C=O) groups is 1. The maximum absolute atomic E-state index is 11.8. The van der Waals surface area contributed by atoms with Crippen LogP contribution in [0.5, 0.6) is 5.88 Å². The standard InChI is InChI=1S/C18H16N4O2S2/c23-17-15(26-18(25)22-17)7-11-2-1-3-12(6-11)14-9-20-10-16(21-14)24-13-4-5-19-8-13/h1-3,6-7,9-10,13,19H,4-5,8H2,(H,22,23,25). The number of thioether (sulfide) groups is 1. The third-order valence-corrected chi connectivity index (χ3v) is 5.20. The maximum atomic E-state index is 11.8. The number of nitrogens with zero attached hydrogens (tertiary/aromatic N) is 2. The molecule has 1 amide bonds. The molecule has 3 heterocycles. The second-order valence-corrected chi connectivity index (χ2v) is 7.67. The number of carbonyl (C=O) groups excluding carboxylic acids is 1. The highest BCUT2D eigenvalue weighted by molar-refractivity contribution is 8.26. The Morgan fingerprint density at radius 1 is 1.35 bits per heavy atom. The van der Waals surface area contributed by atoms with Gasteiger partial charge in [-0.2, -0.15) is 0 Å². The van der Waals surface area contributed by atoms with Crippen LogP contribution in [-0.2, 0) is 4.79 Å². The van der Waals surface area contributed by atoms with Crippen LogP contribution in [0.3, 0.4) is 0 Å². The molecule has 2 aliphatic rings. The molecule has 1 aromatic heterocycles. The van der Waals surface area contributed by atoms with Gasteiger partial charge in [-0.3, -0.25) is 9.78 Å². The van der Waals surface area contributed by atoms with E-state index in [1.807, 2.05) is 30.3 Å². The summed E-state index contributed by atoms with van der Waals surface area (Å²) in [5, 5.41) is 5.88. The van der Waals surface area contributed by atoms with E-state index in [-0.39, 0.29) is 12.0 Å². The van der Waals surface area contributed by atoms with Crippen molar-refractivity contribution in [2.45, 2.75) is 12.5 Å². The summed E-state index contributed by atoms with van der Waals surface area (Å²) in [6.07, 6.45) is 6.27. The van der Waals surface area contributed by atoms with Gasteiger partial charge in [-0.15, -0.1) is 0 Å². The average Bonchev–Trinajstić information content (AvgIpc) is 3.25. The second-order valence-electron chi connectivity index (χ2n) is 5.95. The van der Waals surface area contributed by atoms with E-state index in [0.29, 0.717) is 15.1 Å². The van der Waals surface area contributed by atoms with Crippen LogP contribution in [0.1, 0.15) is 12.0 Å². The van der Waals surface area contributed by atoms with Crippen molar-refractivity contribution in [3.8, 4) is 17.1 Å². The van der Waals surface area contributed by atoms with E-state index in [0.717, 1.165) is 36.3 Å². The number of thiocarbonyl (C=S) groups is 1. The quantitative estimate of drug-likeness (QED) is 0.619. The fraction of sp³-hybridized carbons (Fsp3) is 0.222. The van der Waals surface area contributed by atoms with Gasteiger partial charge in [-0.1, -0.05) is 42.2 Å². The number of rotatable bonds is 4. The number of aromatic nitrogens is 2. The van der Waals surface area contributed by atoms with Gasteiger partial charge in [-0.05, 0) is 30.7 Å². The lowest BCUT2D eigenvalue weighted by Gasteiger charge is -2.12. The summed E-state index contributed by atoms with van der Waals surface area (Å²) in [7, 11) is 0. The molecule has 2 saturated heterocycles. The van der Waals surface area contributed by atoms with Crippen molar-refractivity contribution in [3.63, 3.8) is 0 Å². The largest absolute Gasteiger partial charge is 0.472 e. The number of ether oxygens (including phenoxy) is 1. The lowest BCUT2D eigenvalue weighted by atomic mass is 10.1. The highest BCUT2D eigenvalue weighted by Gasteiger charge is 2.22. The summed E-state index contributed by atoms with van der Waals surface area (Å²) in [4.78, 5) is 21.2. The zero-order chi connectivity index (χ0) is 17.9. The van der Waals surface area contributed by atoms with Crippen molar-refractivity contribution < 1.29 is 9.53 Å². The van der Waals surface area contributed by atoms with E-state index in [9.17, 15) is 4.79 Å². The molecular formula is C18H16N4O2S2. The Bertz CT molecular complexity index is 894. The van der Waals surface area contributed by atoms with Crippen LogP contribution in [0.2, 0.25) is 0 Å². The van der Waals surface area contributed by atoms with E-state index in [4.69, 9.17) is 17.0 Å². The van der Waals surface area contributed by atoms with Gasteiger partial charge < -0.3 is 15.4 Å². The van der Waals surface area contributed by atoms with Crippen molar-refractivity contribution in [2.24, 2.45) is 0 Å². The summed E-state index contributed by atoms with van der Waals surface area (Å²) in [5.41, 5.74) is 2.54. The molecule has 2 fully saturated rings. The number of benzene rings is 1. The zero-order valence-electron chi connectivity index (χ0n) is 13.8. The Labute approximate surface area is 160 Å². The first kappa shape index (κ1) is 17.1. The van der Waals surface area contributed by atoms with Gasteiger partial charge in [0.2, 0.25) is 5.88 Å². The summed E-state index contributed by atoms with van der Waals surface area (Å²) in [6.45, 7) is 1.79. The van der Waals surface area contributed by atoms with Gasteiger partial charge in [0.05, 0.1) is 23.0 Å². The fourth-order valence-electron chi connectivity index (χ4n) is 2.80. The molecule has 8 heteroatoms. The highest BCUT2D eigenvalue weighted by atomic mass is 32.2. The number of nitrogens with one attached hydrogen (secondary N) is 2. The minimum Gasteiger partial charge on any atom is -0.472 e. The van der Waals surface area contributed by atoms with Crippen molar-refractivity contribution in [3.05, 3.63) is 47.1 Å². The molecular weight excluding hydrogens is 368 g/mol. The summed E-state index contributed by atoms with van der Waals surface area (Å²) in [6, 6.07) is 7.78. The third kappa shape index (κ3) is 3.92. The van der Waals surface area contributed by atoms with E-state index >= 15 is 0 Å². The summed E-state index contributed by atoms with van der Waals surface area (Å²) in [5.74, 6) is 0.363. The van der Waals surface area contributed by atoms with Gasteiger partial charge in [0.15, 0.2) is 0 Å². The van der Waals surface area contributed by atoms with Gasteiger partial charge >= 0.3 is 0 Å². The van der Waals surface area contributed by atoms with Gasteiger partial charge in [0, 0.05) is 12.1 Å². The molecule has 26 heavy (non-hydrogen) atoms. The molecule has 4 rings (SSSR count). The third-order valence-electron chi connectivity index (χ3n) is 4.04. The zero-order valence-corrected chi connectivity index (χ0v) is 15.4. The van der Waals surface area contributed by atoms with E-state index in [1.165, 1.54) is 11.8 Å². The summed E-state index contributed by atoms with van der Waals surface area (Å²) < 4.78 is 6.36. The molecule has 0 saturated carbocycles.